The summed E-state index contributed by atoms with van der Waals surface area (Å²) in [5.41, 5.74) is 0.993. The first-order chi connectivity index (χ1) is 8.72. The second-order valence-electron chi connectivity index (χ2n) is 4.09. The predicted molar refractivity (Wildman–Crippen MR) is 72.2 cm³/mol. The molecule has 2 N–H and O–H groups in total. The van der Waals surface area contributed by atoms with Crippen LogP contribution < -0.4 is 5.32 Å². The molecule has 0 bridgehead atoms. The largest absolute Gasteiger partial charge is 0.394 e. The quantitative estimate of drug-likeness (QED) is 0.764. The third-order valence-electron chi connectivity index (χ3n) is 3.00. The monoisotopic (exact) mass is 250 g/mol. The number of nitrogens with zero attached hydrogens (tertiary/aromatic N) is 1. The van der Waals surface area contributed by atoms with Gasteiger partial charge in [-0.25, -0.2) is 0 Å². The number of amides is 1. The summed E-state index contributed by atoms with van der Waals surface area (Å²) in [6.45, 7) is 5.58. The summed E-state index contributed by atoms with van der Waals surface area (Å²) < 4.78 is 0. The molecule has 1 atom stereocenters. The van der Waals surface area contributed by atoms with Gasteiger partial charge in [0.15, 0.2) is 0 Å². The van der Waals surface area contributed by atoms with E-state index in [1.807, 2.05) is 44.2 Å². The molecule has 4 heteroatoms. The van der Waals surface area contributed by atoms with Crippen molar-refractivity contribution in [1.82, 2.24) is 10.2 Å². The van der Waals surface area contributed by atoms with Gasteiger partial charge in [0.1, 0.15) is 0 Å². The Bertz CT molecular complexity index is 350. The van der Waals surface area contributed by atoms with Gasteiger partial charge in [-0.1, -0.05) is 30.3 Å². The maximum atomic E-state index is 11.8. The summed E-state index contributed by atoms with van der Waals surface area (Å²) in [4.78, 5) is 13.6. The Morgan fingerprint density at radius 1 is 1.28 bits per heavy atom. The van der Waals surface area contributed by atoms with Crippen LogP contribution in [0, 0.1) is 0 Å². The molecule has 0 saturated heterocycles. The number of aliphatic hydroxyl groups is 1. The zero-order valence-electron chi connectivity index (χ0n) is 11.1. The zero-order chi connectivity index (χ0) is 13.4. The van der Waals surface area contributed by atoms with E-state index in [0.29, 0.717) is 13.1 Å². The molecule has 1 unspecified atom stereocenters. The Morgan fingerprint density at radius 3 is 2.39 bits per heavy atom. The number of hydrogen-bond donors (Lipinski definition) is 2. The van der Waals surface area contributed by atoms with Crippen molar-refractivity contribution in [2.75, 3.05) is 26.2 Å². The van der Waals surface area contributed by atoms with Gasteiger partial charge < -0.3 is 10.0 Å². The van der Waals surface area contributed by atoms with E-state index < -0.39 is 0 Å². The predicted octanol–water partition coefficient (Wildman–Crippen LogP) is 1.18. The van der Waals surface area contributed by atoms with Crippen molar-refractivity contribution in [3.8, 4) is 0 Å². The molecule has 18 heavy (non-hydrogen) atoms. The molecule has 0 radical (unpaired) electrons. The molecule has 1 amide bonds. The molecular formula is C14H22N2O2. The highest BCUT2D eigenvalue weighted by Gasteiger charge is 2.13. The van der Waals surface area contributed by atoms with Crippen LogP contribution >= 0.6 is 0 Å². The summed E-state index contributed by atoms with van der Waals surface area (Å²) in [7, 11) is 0. The number of carbonyl (C=O) groups excluding carboxylic acids is 1. The second-order valence-corrected chi connectivity index (χ2v) is 4.09. The highest BCUT2D eigenvalue weighted by atomic mass is 16.3. The smallest absolute Gasteiger partial charge is 0.236 e. The Morgan fingerprint density at radius 2 is 1.89 bits per heavy atom. The molecule has 1 rings (SSSR count). The molecule has 0 fully saturated rings. The summed E-state index contributed by atoms with van der Waals surface area (Å²) in [5.74, 6) is 0.0642. The van der Waals surface area contributed by atoms with E-state index >= 15 is 0 Å². The van der Waals surface area contributed by atoms with Crippen molar-refractivity contribution in [2.24, 2.45) is 0 Å². The number of rotatable bonds is 7. The van der Waals surface area contributed by atoms with Crippen LogP contribution in [-0.4, -0.2) is 42.2 Å². The van der Waals surface area contributed by atoms with Gasteiger partial charge in [-0.05, 0) is 19.4 Å². The van der Waals surface area contributed by atoms with Gasteiger partial charge in [0, 0.05) is 13.1 Å². The lowest BCUT2D eigenvalue weighted by atomic mass is 10.1. The van der Waals surface area contributed by atoms with Crippen molar-refractivity contribution < 1.29 is 9.90 Å². The molecule has 100 valence electrons. The van der Waals surface area contributed by atoms with Crippen LogP contribution in [0.1, 0.15) is 25.5 Å². The molecule has 0 spiro atoms. The SMILES string of the molecule is CCN(CC)C(=O)CNC(CO)c1ccccc1. The minimum atomic E-state index is -0.189. The van der Waals surface area contributed by atoms with Crippen LogP contribution in [0.3, 0.4) is 0 Å². The van der Waals surface area contributed by atoms with Crippen LogP contribution in [0.2, 0.25) is 0 Å². The first kappa shape index (κ1) is 14.7. The van der Waals surface area contributed by atoms with Gasteiger partial charge in [-0.15, -0.1) is 0 Å². The highest BCUT2D eigenvalue weighted by Crippen LogP contribution is 2.11. The van der Waals surface area contributed by atoms with Gasteiger partial charge >= 0.3 is 0 Å². The maximum Gasteiger partial charge on any atom is 0.236 e. The van der Waals surface area contributed by atoms with E-state index in [-0.39, 0.29) is 25.1 Å². The molecular weight excluding hydrogens is 228 g/mol. The number of likely N-dealkylation sites (N-methyl/N-ethyl adjacent to an activating group) is 1. The lowest BCUT2D eigenvalue weighted by molar-refractivity contribution is -0.130. The van der Waals surface area contributed by atoms with Crippen LogP contribution in [0.15, 0.2) is 30.3 Å². The van der Waals surface area contributed by atoms with Crippen molar-refractivity contribution in [2.45, 2.75) is 19.9 Å². The molecule has 1 aromatic carbocycles. The summed E-state index contributed by atoms with van der Waals surface area (Å²) in [6.07, 6.45) is 0. The number of hydrogen-bond acceptors (Lipinski definition) is 3. The Kier molecular flexibility index (Phi) is 6.39. The molecule has 0 aliphatic carbocycles. The van der Waals surface area contributed by atoms with Crippen LogP contribution in [0.25, 0.3) is 0 Å². The average Bonchev–Trinajstić information content (AvgIpc) is 2.42. The van der Waals surface area contributed by atoms with Crippen LogP contribution in [-0.2, 0) is 4.79 Å². The van der Waals surface area contributed by atoms with E-state index in [2.05, 4.69) is 5.32 Å². The van der Waals surface area contributed by atoms with Crippen LogP contribution in [0.5, 0.6) is 0 Å². The lowest BCUT2D eigenvalue weighted by Gasteiger charge is -2.21. The Labute approximate surface area is 109 Å². The fourth-order valence-electron chi connectivity index (χ4n) is 1.87. The Hall–Kier alpha value is -1.39. The van der Waals surface area contributed by atoms with E-state index in [9.17, 15) is 9.90 Å². The van der Waals surface area contributed by atoms with Gasteiger partial charge in [0.2, 0.25) is 5.91 Å². The second kappa shape index (κ2) is 7.84. The van der Waals surface area contributed by atoms with E-state index in [4.69, 9.17) is 0 Å². The van der Waals surface area contributed by atoms with Gasteiger partial charge in [0.25, 0.3) is 0 Å². The number of benzene rings is 1. The van der Waals surface area contributed by atoms with Gasteiger partial charge in [-0.2, -0.15) is 0 Å². The first-order valence-electron chi connectivity index (χ1n) is 6.39. The minimum absolute atomic E-state index is 0.0183. The third kappa shape index (κ3) is 4.13. The average molecular weight is 250 g/mol. The van der Waals surface area contributed by atoms with E-state index in [0.717, 1.165) is 5.56 Å². The fraction of sp³-hybridized carbons (Fsp3) is 0.500. The highest BCUT2D eigenvalue weighted by molar-refractivity contribution is 5.78. The summed E-state index contributed by atoms with van der Waals surface area (Å²) >= 11 is 0. The van der Waals surface area contributed by atoms with Gasteiger partial charge in [0.05, 0.1) is 19.2 Å². The summed E-state index contributed by atoms with van der Waals surface area (Å²) in [6, 6.07) is 9.47. The number of aliphatic hydroxyl groups excluding tert-OH is 1. The van der Waals surface area contributed by atoms with Crippen molar-refractivity contribution in [3.05, 3.63) is 35.9 Å². The minimum Gasteiger partial charge on any atom is -0.394 e. The zero-order valence-corrected chi connectivity index (χ0v) is 11.1. The van der Waals surface area contributed by atoms with Crippen molar-refractivity contribution in [1.29, 1.82) is 0 Å². The summed E-state index contributed by atoms with van der Waals surface area (Å²) in [5, 5.41) is 12.5. The van der Waals surface area contributed by atoms with Crippen molar-refractivity contribution in [3.63, 3.8) is 0 Å². The Balaban J connectivity index is 2.53. The molecule has 1 aromatic rings. The topological polar surface area (TPSA) is 52.6 Å². The lowest BCUT2D eigenvalue weighted by Crippen LogP contribution is -2.39. The van der Waals surface area contributed by atoms with E-state index in [1.165, 1.54) is 0 Å². The van der Waals surface area contributed by atoms with Crippen molar-refractivity contribution >= 4 is 5.91 Å². The molecule has 0 aliphatic rings. The number of nitrogens with one attached hydrogen (secondary N) is 1. The third-order valence-corrected chi connectivity index (χ3v) is 3.00. The molecule has 0 aromatic heterocycles. The maximum absolute atomic E-state index is 11.8. The molecule has 0 saturated carbocycles. The standard InChI is InChI=1S/C14H22N2O2/c1-3-16(4-2)14(18)10-15-13(11-17)12-8-6-5-7-9-12/h5-9,13,15,17H,3-4,10-11H2,1-2H3. The molecule has 0 heterocycles. The molecule has 4 nitrogen and oxygen atoms in total. The normalized spacial score (nSPS) is 12.2. The fourth-order valence-corrected chi connectivity index (χ4v) is 1.87. The molecule has 0 aliphatic heterocycles. The first-order valence-corrected chi connectivity index (χ1v) is 6.39. The number of carbonyl (C=O) groups is 1. The van der Waals surface area contributed by atoms with Gasteiger partial charge in [-0.3, -0.25) is 10.1 Å². The van der Waals surface area contributed by atoms with Crippen LogP contribution in [0.4, 0.5) is 0 Å². The van der Waals surface area contributed by atoms with E-state index in [1.54, 1.807) is 4.90 Å².